The fourth-order valence-electron chi connectivity index (χ4n) is 3.78. The standard InChI is InChI=1S/C19H18N3O2.BF3.FH/c1-23-15-8-6-14(7-9-15)22-12-21-18(20-22)11-24-17-10-13-4-2-3-5-16(13)19(17)21;2-1(3)4;/h2-9,12,17,19H,10-11H2,1H3;;1H/q+1;;/p-1/t17-,19-;;/m0../s1. The molecule has 29 heavy (non-hydrogen) atoms. The summed E-state index contributed by atoms with van der Waals surface area (Å²) < 4.78 is 44.5. The number of aromatic nitrogens is 3. The number of rotatable bonds is 2. The van der Waals surface area contributed by atoms with Crippen LogP contribution in [0.4, 0.5) is 12.9 Å². The van der Waals surface area contributed by atoms with Crippen LogP contribution in [0.5, 0.6) is 5.75 Å². The molecule has 5 rings (SSSR count). The summed E-state index contributed by atoms with van der Waals surface area (Å²) in [6, 6.07) is 16.7. The number of nitrogens with zero attached hydrogens (tertiary/aromatic N) is 3. The second-order valence-corrected chi connectivity index (χ2v) is 6.53. The highest BCUT2D eigenvalue weighted by Crippen LogP contribution is 2.35. The first-order valence-corrected chi connectivity index (χ1v) is 8.82. The second kappa shape index (κ2) is 8.65. The van der Waals surface area contributed by atoms with Gasteiger partial charge >= 0.3 is 13.4 Å². The number of ether oxygens (including phenoxy) is 2. The van der Waals surface area contributed by atoms with E-state index in [2.05, 4.69) is 35.2 Å². The Labute approximate surface area is 165 Å². The number of benzene rings is 2. The van der Waals surface area contributed by atoms with Gasteiger partial charge in [-0.2, -0.15) is 0 Å². The number of methoxy groups -OCH3 is 1. The zero-order chi connectivity index (χ0) is 19.7. The Morgan fingerprint density at radius 2 is 1.83 bits per heavy atom. The van der Waals surface area contributed by atoms with Crippen LogP contribution in [0.2, 0.25) is 0 Å². The van der Waals surface area contributed by atoms with Gasteiger partial charge in [-0.05, 0) is 35.4 Å². The zero-order valence-corrected chi connectivity index (χ0v) is 15.5. The van der Waals surface area contributed by atoms with Crippen molar-refractivity contribution in [2.24, 2.45) is 0 Å². The van der Waals surface area contributed by atoms with Crippen molar-refractivity contribution in [3.63, 3.8) is 0 Å². The number of hydrogen-bond acceptors (Lipinski definition) is 3. The van der Waals surface area contributed by atoms with Gasteiger partial charge in [-0.3, -0.25) is 12.9 Å². The van der Waals surface area contributed by atoms with Crippen LogP contribution in [0.15, 0.2) is 54.9 Å². The highest BCUT2D eigenvalue weighted by Gasteiger charge is 2.43. The van der Waals surface area contributed by atoms with Crippen LogP contribution in [0.3, 0.4) is 0 Å². The highest BCUT2D eigenvalue weighted by atomic mass is 19.4. The molecule has 0 N–H and O–H groups in total. The maximum absolute atomic E-state index is 9.67. The fourth-order valence-corrected chi connectivity index (χ4v) is 3.78. The maximum Gasteiger partial charge on any atom is 0.762 e. The molecule has 0 amide bonds. The van der Waals surface area contributed by atoms with E-state index >= 15 is 0 Å². The summed E-state index contributed by atoms with van der Waals surface area (Å²) in [6.07, 6.45) is 3.26. The minimum atomic E-state index is -3.67. The summed E-state index contributed by atoms with van der Waals surface area (Å²) in [5.74, 6) is 1.81. The van der Waals surface area contributed by atoms with Crippen LogP contribution in [0, 0.1) is 0 Å². The molecule has 0 fully saturated rings. The van der Waals surface area contributed by atoms with Crippen molar-refractivity contribution >= 4 is 7.54 Å². The first-order chi connectivity index (χ1) is 13.6. The third-order valence-corrected chi connectivity index (χ3v) is 4.97. The van der Waals surface area contributed by atoms with Gasteiger partial charge in [0.1, 0.15) is 30.2 Å². The average molecular weight is 407 g/mol. The van der Waals surface area contributed by atoms with E-state index < -0.39 is 7.54 Å². The molecule has 1 aliphatic heterocycles. The van der Waals surface area contributed by atoms with Crippen molar-refractivity contribution < 1.29 is 31.7 Å². The molecule has 1 aromatic heterocycles. The van der Waals surface area contributed by atoms with Crippen molar-refractivity contribution in [1.82, 2.24) is 9.78 Å². The molecular formula is C19H18BF4N3O2. The van der Waals surface area contributed by atoms with Gasteiger partial charge in [0.15, 0.2) is 0 Å². The van der Waals surface area contributed by atoms with E-state index in [9.17, 15) is 12.9 Å². The van der Waals surface area contributed by atoms with Gasteiger partial charge in [-0.25, -0.2) is 4.57 Å². The molecule has 2 aromatic carbocycles. The Bertz CT molecular complexity index is 966. The Morgan fingerprint density at radius 1 is 1.14 bits per heavy atom. The van der Waals surface area contributed by atoms with Crippen molar-refractivity contribution in [3.05, 3.63) is 71.8 Å². The van der Waals surface area contributed by atoms with E-state index in [1.54, 1.807) is 7.11 Å². The predicted octanol–water partition coefficient (Wildman–Crippen LogP) is 0.0965. The SMILES string of the molecule is COc1ccc(-n2c[n+]3c(n2)CO[C@H]2Cc4ccccc4[C@@H]23)cc1.FB(F)F.[F-]. The van der Waals surface area contributed by atoms with Crippen molar-refractivity contribution in [2.75, 3.05) is 7.11 Å². The molecule has 0 unspecified atom stereocenters. The van der Waals surface area contributed by atoms with E-state index in [4.69, 9.17) is 14.6 Å². The summed E-state index contributed by atoms with van der Waals surface area (Å²) in [5.41, 5.74) is 3.74. The van der Waals surface area contributed by atoms with E-state index in [-0.39, 0.29) is 16.9 Å². The van der Waals surface area contributed by atoms with Gasteiger partial charge in [0.05, 0.1) is 7.11 Å². The van der Waals surface area contributed by atoms with Gasteiger partial charge < -0.3 is 14.2 Å². The van der Waals surface area contributed by atoms with Gasteiger partial charge in [0, 0.05) is 11.5 Å². The molecule has 5 nitrogen and oxygen atoms in total. The molecule has 0 radical (unpaired) electrons. The van der Waals surface area contributed by atoms with E-state index in [1.807, 2.05) is 28.9 Å². The van der Waals surface area contributed by atoms with E-state index in [1.165, 1.54) is 11.1 Å². The third-order valence-electron chi connectivity index (χ3n) is 4.97. The molecule has 3 aromatic rings. The smallest absolute Gasteiger partial charge is 0.762 e. The minimum absolute atomic E-state index is 0. The second-order valence-electron chi connectivity index (χ2n) is 6.53. The summed E-state index contributed by atoms with van der Waals surface area (Å²) in [7, 11) is -1.99. The minimum Gasteiger partial charge on any atom is -1.00 e. The van der Waals surface area contributed by atoms with Crippen LogP contribution in [-0.2, 0) is 17.8 Å². The molecule has 0 bridgehead atoms. The van der Waals surface area contributed by atoms with Crippen LogP contribution < -0.4 is 14.0 Å². The lowest BCUT2D eigenvalue weighted by molar-refractivity contribution is -0.739. The lowest BCUT2D eigenvalue weighted by atomic mass is 10.1. The predicted molar refractivity (Wildman–Crippen MR) is 96.3 cm³/mol. The third kappa shape index (κ3) is 4.12. The molecule has 10 heteroatoms. The monoisotopic (exact) mass is 407 g/mol. The van der Waals surface area contributed by atoms with E-state index in [0.29, 0.717) is 6.61 Å². The van der Waals surface area contributed by atoms with Gasteiger partial charge in [0.25, 0.3) is 0 Å². The first kappa shape index (κ1) is 20.8. The molecule has 152 valence electrons. The zero-order valence-electron chi connectivity index (χ0n) is 15.5. The Hall–Kier alpha value is -2.88. The van der Waals surface area contributed by atoms with Crippen LogP contribution in [0.25, 0.3) is 5.69 Å². The molecule has 0 spiro atoms. The van der Waals surface area contributed by atoms with Gasteiger partial charge in [0.2, 0.25) is 6.33 Å². The van der Waals surface area contributed by atoms with Crippen molar-refractivity contribution in [3.8, 4) is 11.4 Å². The number of halogens is 4. The van der Waals surface area contributed by atoms with Crippen molar-refractivity contribution in [2.45, 2.75) is 25.2 Å². The lowest BCUT2D eigenvalue weighted by Crippen LogP contribution is -3.00. The normalized spacial score (nSPS) is 18.3. The Balaban J connectivity index is 0.000000443. The molecule has 0 saturated heterocycles. The Kier molecular flexibility index (Phi) is 6.22. The van der Waals surface area contributed by atoms with Crippen LogP contribution >= 0.6 is 0 Å². The van der Waals surface area contributed by atoms with Crippen LogP contribution in [0.1, 0.15) is 23.0 Å². The molecule has 2 aliphatic rings. The molecule has 2 atom stereocenters. The number of fused-ring (bicyclic) bond motifs is 5. The molecule has 0 saturated carbocycles. The quantitative estimate of drug-likeness (QED) is 0.344. The van der Waals surface area contributed by atoms with Gasteiger partial charge in [-0.15, -0.1) is 0 Å². The fraction of sp³-hybridized carbons (Fsp3) is 0.263. The molecular weight excluding hydrogens is 389 g/mol. The largest absolute Gasteiger partial charge is 1.00 e. The maximum atomic E-state index is 9.67. The average Bonchev–Trinajstić information content (AvgIpc) is 3.28. The lowest BCUT2D eigenvalue weighted by Gasteiger charge is -2.23. The van der Waals surface area contributed by atoms with E-state index in [0.717, 1.165) is 23.7 Å². The topological polar surface area (TPSA) is 40.2 Å². The Morgan fingerprint density at radius 3 is 2.52 bits per heavy atom. The van der Waals surface area contributed by atoms with Crippen LogP contribution in [-0.4, -0.2) is 30.5 Å². The summed E-state index contributed by atoms with van der Waals surface area (Å²) in [4.78, 5) is 0. The van der Waals surface area contributed by atoms with Gasteiger partial charge in [-0.1, -0.05) is 28.9 Å². The summed E-state index contributed by atoms with van der Waals surface area (Å²) >= 11 is 0. The molecule has 2 heterocycles. The number of hydrogen-bond donors (Lipinski definition) is 0. The first-order valence-electron chi connectivity index (χ1n) is 8.82. The molecule has 1 aliphatic carbocycles. The van der Waals surface area contributed by atoms with Crippen molar-refractivity contribution in [1.29, 1.82) is 0 Å². The summed E-state index contributed by atoms with van der Waals surface area (Å²) in [5, 5.41) is 4.72. The summed E-state index contributed by atoms with van der Waals surface area (Å²) in [6.45, 7) is 0.554. The highest BCUT2D eigenvalue weighted by molar-refractivity contribution is 6.33.